The minimum absolute atomic E-state index is 0. The van der Waals surface area contributed by atoms with Crippen LogP contribution in [0, 0.1) is 0 Å². The topological polar surface area (TPSA) is 92.0 Å². The van der Waals surface area contributed by atoms with Crippen LogP contribution in [0.25, 0.3) is 0 Å². The van der Waals surface area contributed by atoms with Crippen molar-refractivity contribution < 1.29 is 31.6 Å². The molecule has 0 aliphatic rings. The molecule has 12 heavy (non-hydrogen) atoms. The maximum absolute atomic E-state index is 10.3. The van der Waals surface area contributed by atoms with Crippen LogP contribution >= 0.6 is 0 Å². The van der Waals surface area contributed by atoms with Crippen LogP contribution in [0.3, 0.4) is 0 Å². The van der Waals surface area contributed by atoms with Crippen molar-refractivity contribution in [3.05, 3.63) is 18.2 Å². The molecule has 1 rings (SSSR count). The smallest absolute Gasteiger partial charge is 0.320 e. The van der Waals surface area contributed by atoms with Crippen molar-refractivity contribution in [1.29, 1.82) is 0 Å². The summed E-state index contributed by atoms with van der Waals surface area (Å²) in [4.78, 5) is 16.8. The van der Waals surface area contributed by atoms with E-state index in [0.29, 0.717) is 0 Å². The zero-order valence-corrected chi connectivity index (χ0v) is 7.88. The average Bonchev–Trinajstić information content (AvgIpc) is 2.39. The molecule has 5 nitrogen and oxygen atoms in total. The Balaban J connectivity index is 0.00000121. The van der Waals surface area contributed by atoms with Gasteiger partial charge in [-0.15, -0.1) is 0 Å². The fourth-order valence-corrected chi connectivity index (χ4v) is 0.721. The SMILES string of the molecule is NC(Cc1cnc[nH]1)C(=O)O.[Ti]. The fourth-order valence-electron chi connectivity index (χ4n) is 0.721. The number of nitrogens with one attached hydrogen (secondary N) is 1. The molecule has 0 amide bonds. The summed E-state index contributed by atoms with van der Waals surface area (Å²) in [5.41, 5.74) is 6.00. The summed E-state index contributed by atoms with van der Waals surface area (Å²) in [6.45, 7) is 0. The van der Waals surface area contributed by atoms with Gasteiger partial charge in [0.15, 0.2) is 0 Å². The number of carboxylic acid groups (broad SMARTS) is 1. The van der Waals surface area contributed by atoms with Crippen molar-refractivity contribution in [2.75, 3.05) is 0 Å². The second-order valence-electron chi connectivity index (χ2n) is 2.23. The molecule has 1 aromatic heterocycles. The maximum atomic E-state index is 10.3. The number of H-pyrrole nitrogens is 1. The van der Waals surface area contributed by atoms with Crippen LogP contribution in [-0.4, -0.2) is 27.1 Å². The van der Waals surface area contributed by atoms with Gasteiger partial charge in [-0.2, -0.15) is 0 Å². The summed E-state index contributed by atoms with van der Waals surface area (Å²) in [7, 11) is 0. The van der Waals surface area contributed by atoms with Crippen LogP contribution in [0.1, 0.15) is 5.69 Å². The van der Waals surface area contributed by atoms with E-state index in [-0.39, 0.29) is 28.1 Å². The van der Waals surface area contributed by atoms with E-state index in [1.165, 1.54) is 6.33 Å². The zero-order chi connectivity index (χ0) is 8.27. The van der Waals surface area contributed by atoms with Crippen molar-refractivity contribution in [2.45, 2.75) is 12.5 Å². The van der Waals surface area contributed by atoms with Crippen LogP contribution in [-0.2, 0) is 32.9 Å². The normalized spacial score (nSPS) is 11.8. The minimum Gasteiger partial charge on any atom is -0.480 e. The number of nitrogens with two attached hydrogens (primary N) is 1. The summed E-state index contributed by atoms with van der Waals surface area (Å²) < 4.78 is 0. The molecule has 4 N–H and O–H groups in total. The number of aliphatic carboxylic acids is 1. The molecule has 1 atom stereocenters. The van der Waals surface area contributed by atoms with E-state index in [1.54, 1.807) is 6.20 Å². The molecular weight excluding hydrogens is 194 g/mol. The van der Waals surface area contributed by atoms with Crippen molar-refractivity contribution in [1.82, 2.24) is 9.97 Å². The molecule has 0 saturated carbocycles. The number of carboxylic acids is 1. The molecule has 1 aromatic rings. The fraction of sp³-hybridized carbons (Fsp3) is 0.333. The Hall–Kier alpha value is -0.646. The van der Waals surface area contributed by atoms with Gasteiger partial charge in [-0.05, 0) is 0 Å². The van der Waals surface area contributed by atoms with E-state index >= 15 is 0 Å². The predicted molar refractivity (Wildman–Crippen MR) is 37.9 cm³/mol. The summed E-state index contributed by atoms with van der Waals surface area (Å²) in [6.07, 6.45) is 3.34. The van der Waals surface area contributed by atoms with Crippen LogP contribution in [0.2, 0.25) is 0 Å². The second kappa shape index (κ2) is 5.08. The largest absolute Gasteiger partial charge is 0.480 e. The Bertz CT molecular complexity index is 237. The van der Waals surface area contributed by atoms with Gasteiger partial charge in [-0.3, -0.25) is 4.79 Å². The van der Waals surface area contributed by atoms with Crippen LogP contribution in [0.5, 0.6) is 0 Å². The van der Waals surface area contributed by atoms with Crippen molar-refractivity contribution in [3.8, 4) is 0 Å². The predicted octanol–water partition coefficient (Wildman–Crippen LogP) is -0.638. The number of nitrogens with zero attached hydrogens (tertiary/aromatic N) is 1. The van der Waals surface area contributed by atoms with E-state index in [2.05, 4.69) is 9.97 Å². The first-order chi connectivity index (χ1) is 5.20. The molecule has 1 heterocycles. The summed E-state index contributed by atoms with van der Waals surface area (Å²) in [5.74, 6) is -1.00. The number of hydrogen-bond acceptors (Lipinski definition) is 3. The number of hydrogen-bond donors (Lipinski definition) is 3. The monoisotopic (exact) mass is 203 g/mol. The third-order valence-electron chi connectivity index (χ3n) is 1.31. The Kier molecular flexibility index (Phi) is 4.81. The summed E-state index contributed by atoms with van der Waals surface area (Å²) in [5, 5.41) is 8.42. The molecule has 0 saturated heterocycles. The zero-order valence-electron chi connectivity index (χ0n) is 6.32. The van der Waals surface area contributed by atoms with Crippen molar-refractivity contribution in [3.63, 3.8) is 0 Å². The molecule has 6 heteroatoms. The van der Waals surface area contributed by atoms with E-state index in [1.807, 2.05) is 0 Å². The van der Waals surface area contributed by atoms with E-state index in [9.17, 15) is 4.79 Å². The van der Waals surface area contributed by atoms with Gasteiger partial charge in [-0.25, -0.2) is 4.98 Å². The van der Waals surface area contributed by atoms with Crippen LogP contribution in [0.15, 0.2) is 12.5 Å². The van der Waals surface area contributed by atoms with Gasteiger partial charge < -0.3 is 15.8 Å². The molecule has 0 aliphatic carbocycles. The van der Waals surface area contributed by atoms with Crippen molar-refractivity contribution >= 4 is 5.97 Å². The molecule has 0 fully saturated rings. The van der Waals surface area contributed by atoms with Crippen molar-refractivity contribution in [2.24, 2.45) is 5.73 Å². The molecule has 0 aliphatic heterocycles. The number of carbonyl (C=O) groups is 1. The number of aromatic nitrogens is 2. The third kappa shape index (κ3) is 3.17. The van der Waals surface area contributed by atoms with Gasteiger partial charge >= 0.3 is 5.97 Å². The first kappa shape index (κ1) is 11.4. The van der Waals surface area contributed by atoms with E-state index < -0.39 is 12.0 Å². The second-order valence-corrected chi connectivity index (χ2v) is 2.23. The van der Waals surface area contributed by atoms with E-state index in [0.717, 1.165) is 5.69 Å². The van der Waals surface area contributed by atoms with Gasteiger partial charge in [0.25, 0.3) is 0 Å². The Morgan fingerprint density at radius 1 is 1.83 bits per heavy atom. The Labute approximate surface area is 84.3 Å². The number of imidazole rings is 1. The third-order valence-corrected chi connectivity index (χ3v) is 1.31. The standard InChI is InChI=1S/C6H9N3O2.Ti/c7-5(6(10)11)1-4-2-8-3-9-4;/h2-3,5H,1,7H2,(H,8,9)(H,10,11);. The summed E-state index contributed by atoms with van der Waals surface area (Å²) in [6, 6.07) is -0.851. The molecule has 0 spiro atoms. The molecule has 0 radical (unpaired) electrons. The van der Waals surface area contributed by atoms with Gasteiger partial charge in [0.1, 0.15) is 6.04 Å². The number of rotatable bonds is 3. The van der Waals surface area contributed by atoms with Gasteiger partial charge in [0, 0.05) is 40.0 Å². The van der Waals surface area contributed by atoms with Crippen LogP contribution < -0.4 is 5.73 Å². The quantitative estimate of drug-likeness (QED) is 0.569. The molecule has 1 unspecified atom stereocenters. The maximum Gasteiger partial charge on any atom is 0.320 e. The average molecular weight is 203 g/mol. The first-order valence-electron chi connectivity index (χ1n) is 3.16. The minimum atomic E-state index is -1.00. The molecular formula is C6H9N3O2Ti. The van der Waals surface area contributed by atoms with E-state index in [4.69, 9.17) is 10.8 Å². The van der Waals surface area contributed by atoms with Crippen LogP contribution in [0.4, 0.5) is 0 Å². The molecule has 0 aromatic carbocycles. The number of aromatic amines is 1. The first-order valence-corrected chi connectivity index (χ1v) is 3.16. The van der Waals surface area contributed by atoms with Gasteiger partial charge in [0.2, 0.25) is 0 Å². The summed E-state index contributed by atoms with van der Waals surface area (Å²) >= 11 is 0. The Morgan fingerprint density at radius 3 is 2.92 bits per heavy atom. The Morgan fingerprint density at radius 2 is 2.50 bits per heavy atom. The molecule has 0 bridgehead atoms. The van der Waals surface area contributed by atoms with Gasteiger partial charge in [-0.1, -0.05) is 0 Å². The molecule has 64 valence electrons. The van der Waals surface area contributed by atoms with Gasteiger partial charge in [0.05, 0.1) is 6.33 Å².